The van der Waals surface area contributed by atoms with Crippen molar-refractivity contribution < 1.29 is 4.39 Å². The molecule has 1 aliphatic carbocycles. The van der Waals surface area contributed by atoms with E-state index in [9.17, 15) is 4.39 Å². The van der Waals surface area contributed by atoms with E-state index in [1.807, 2.05) is 6.07 Å². The van der Waals surface area contributed by atoms with Crippen molar-refractivity contribution in [3.8, 4) is 0 Å². The molecular weight excluding hydrogens is 269 g/mol. The highest BCUT2D eigenvalue weighted by Crippen LogP contribution is 2.20. The molecule has 16 heavy (non-hydrogen) atoms. The topological polar surface area (TPSA) is 12.0 Å². The fourth-order valence-electron chi connectivity index (χ4n) is 1.86. The highest BCUT2D eigenvalue weighted by atomic mass is 79.9. The lowest BCUT2D eigenvalue weighted by Gasteiger charge is -2.12. The van der Waals surface area contributed by atoms with Crippen LogP contribution in [0.15, 0.2) is 22.7 Å². The maximum absolute atomic E-state index is 13.2. The Morgan fingerprint density at radius 1 is 1.44 bits per heavy atom. The van der Waals surface area contributed by atoms with E-state index in [1.165, 1.54) is 18.9 Å². The SMILES string of the molecule is CC(CNC1CC1)Cc1cc(F)cc(Br)c1. The van der Waals surface area contributed by atoms with Crippen molar-refractivity contribution in [3.05, 3.63) is 34.1 Å². The zero-order chi connectivity index (χ0) is 11.5. The van der Waals surface area contributed by atoms with Crippen LogP contribution in [-0.4, -0.2) is 12.6 Å². The normalized spacial score (nSPS) is 17.4. The number of rotatable bonds is 5. The molecule has 3 heteroatoms. The van der Waals surface area contributed by atoms with Gasteiger partial charge in [-0.15, -0.1) is 0 Å². The van der Waals surface area contributed by atoms with Gasteiger partial charge in [0.25, 0.3) is 0 Å². The maximum Gasteiger partial charge on any atom is 0.124 e. The highest BCUT2D eigenvalue weighted by molar-refractivity contribution is 9.10. The summed E-state index contributed by atoms with van der Waals surface area (Å²) in [4.78, 5) is 0. The van der Waals surface area contributed by atoms with Crippen LogP contribution in [0.5, 0.6) is 0 Å². The van der Waals surface area contributed by atoms with Gasteiger partial charge in [-0.05, 0) is 55.5 Å². The largest absolute Gasteiger partial charge is 0.314 e. The van der Waals surface area contributed by atoms with E-state index in [2.05, 4.69) is 28.2 Å². The standard InChI is InChI=1S/C13H17BrFN/c1-9(8-16-13-2-3-13)4-10-5-11(14)7-12(15)6-10/h5-7,9,13,16H,2-4,8H2,1H3. The second-order valence-corrected chi connectivity index (χ2v) is 5.69. The molecule has 0 saturated heterocycles. The molecule has 1 saturated carbocycles. The Morgan fingerprint density at radius 2 is 2.19 bits per heavy atom. The van der Waals surface area contributed by atoms with Crippen molar-refractivity contribution in [2.75, 3.05) is 6.54 Å². The Hall–Kier alpha value is -0.410. The monoisotopic (exact) mass is 285 g/mol. The van der Waals surface area contributed by atoms with Gasteiger partial charge in [0.15, 0.2) is 0 Å². The van der Waals surface area contributed by atoms with E-state index in [4.69, 9.17) is 0 Å². The van der Waals surface area contributed by atoms with Crippen LogP contribution in [0, 0.1) is 11.7 Å². The summed E-state index contributed by atoms with van der Waals surface area (Å²) in [5.41, 5.74) is 1.07. The third-order valence-electron chi connectivity index (χ3n) is 2.84. The number of hydrogen-bond donors (Lipinski definition) is 1. The van der Waals surface area contributed by atoms with Crippen LogP contribution in [0.3, 0.4) is 0 Å². The molecule has 1 N–H and O–H groups in total. The van der Waals surface area contributed by atoms with E-state index in [-0.39, 0.29) is 5.82 Å². The van der Waals surface area contributed by atoms with Gasteiger partial charge in [0.2, 0.25) is 0 Å². The summed E-state index contributed by atoms with van der Waals surface area (Å²) in [7, 11) is 0. The molecule has 0 amide bonds. The van der Waals surface area contributed by atoms with Gasteiger partial charge >= 0.3 is 0 Å². The summed E-state index contributed by atoms with van der Waals surface area (Å²) in [6, 6.07) is 5.87. The fourth-order valence-corrected chi connectivity index (χ4v) is 2.37. The summed E-state index contributed by atoms with van der Waals surface area (Å²) in [5, 5.41) is 3.50. The van der Waals surface area contributed by atoms with Crippen LogP contribution in [0.25, 0.3) is 0 Å². The Balaban J connectivity index is 1.86. The molecule has 1 nitrogen and oxygen atoms in total. The first-order chi connectivity index (χ1) is 7.63. The van der Waals surface area contributed by atoms with Crippen LogP contribution in [0.2, 0.25) is 0 Å². The van der Waals surface area contributed by atoms with E-state index < -0.39 is 0 Å². The highest BCUT2D eigenvalue weighted by Gasteiger charge is 2.20. The zero-order valence-electron chi connectivity index (χ0n) is 9.47. The molecule has 1 aliphatic rings. The molecule has 0 aromatic heterocycles. The number of benzene rings is 1. The first-order valence-corrected chi connectivity index (χ1v) is 6.61. The Kier molecular flexibility index (Phi) is 3.98. The van der Waals surface area contributed by atoms with Crippen molar-refractivity contribution in [2.45, 2.75) is 32.2 Å². The molecule has 0 radical (unpaired) electrons. The van der Waals surface area contributed by atoms with Gasteiger partial charge in [-0.3, -0.25) is 0 Å². The molecular formula is C13H17BrFN. The molecule has 0 spiro atoms. The van der Waals surface area contributed by atoms with Crippen LogP contribution < -0.4 is 5.32 Å². The van der Waals surface area contributed by atoms with Crippen molar-refractivity contribution in [1.82, 2.24) is 5.32 Å². The molecule has 1 aromatic carbocycles. The Bertz CT molecular complexity index is 343. The van der Waals surface area contributed by atoms with Crippen molar-refractivity contribution in [1.29, 1.82) is 0 Å². The minimum absolute atomic E-state index is 0.160. The maximum atomic E-state index is 13.2. The molecule has 1 unspecified atom stereocenters. The zero-order valence-corrected chi connectivity index (χ0v) is 11.1. The quantitative estimate of drug-likeness (QED) is 0.873. The average molecular weight is 286 g/mol. The Labute approximate surface area is 105 Å². The molecule has 0 heterocycles. The molecule has 1 aromatic rings. The lowest BCUT2D eigenvalue weighted by atomic mass is 10.0. The summed E-state index contributed by atoms with van der Waals surface area (Å²) in [5.74, 6) is 0.390. The van der Waals surface area contributed by atoms with E-state index in [0.29, 0.717) is 5.92 Å². The third-order valence-corrected chi connectivity index (χ3v) is 3.30. The van der Waals surface area contributed by atoms with E-state index in [1.54, 1.807) is 6.07 Å². The average Bonchev–Trinajstić information content (AvgIpc) is 2.96. The van der Waals surface area contributed by atoms with Gasteiger partial charge in [0.1, 0.15) is 5.82 Å². The van der Waals surface area contributed by atoms with Crippen molar-refractivity contribution >= 4 is 15.9 Å². The van der Waals surface area contributed by atoms with Crippen LogP contribution >= 0.6 is 15.9 Å². The predicted molar refractivity (Wildman–Crippen MR) is 68.0 cm³/mol. The van der Waals surface area contributed by atoms with Gasteiger partial charge in [-0.1, -0.05) is 22.9 Å². The minimum Gasteiger partial charge on any atom is -0.314 e. The van der Waals surface area contributed by atoms with Crippen LogP contribution in [-0.2, 0) is 6.42 Å². The van der Waals surface area contributed by atoms with E-state index >= 15 is 0 Å². The second-order valence-electron chi connectivity index (χ2n) is 4.77. The van der Waals surface area contributed by atoms with Gasteiger partial charge < -0.3 is 5.32 Å². The second kappa shape index (κ2) is 5.28. The molecule has 2 rings (SSSR count). The summed E-state index contributed by atoms with van der Waals surface area (Å²) in [6.45, 7) is 3.23. The van der Waals surface area contributed by atoms with Gasteiger partial charge in [-0.2, -0.15) is 0 Å². The summed E-state index contributed by atoms with van der Waals surface area (Å²) in [6.07, 6.45) is 3.56. The third kappa shape index (κ3) is 3.87. The number of hydrogen-bond acceptors (Lipinski definition) is 1. The summed E-state index contributed by atoms with van der Waals surface area (Å²) < 4.78 is 14.0. The first kappa shape index (κ1) is 12.1. The van der Waals surface area contributed by atoms with Gasteiger partial charge in [-0.25, -0.2) is 4.39 Å². The predicted octanol–water partition coefficient (Wildman–Crippen LogP) is 3.52. The smallest absolute Gasteiger partial charge is 0.124 e. The number of nitrogens with one attached hydrogen (secondary N) is 1. The van der Waals surface area contributed by atoms with Crippen molar-refractivity contribution in [3.63, 3.8) is 0 Å². The molecule has 1 atom stereocenters. The minimum atomic E-state index is -0.160. The fraction of sp³-hybridized carbons (Fsp3) is 0.538. The molecule has 88 valence electrons. The van der Waals surface area contributed by atoms with Crippen LogP contribution in [0.4, 0.5) is 4.39 Å². The van der Waals surface area contributed by atoms with Gasteiger partial charge in [0.05, 0.1) is 0 Å². The van der Waals surface area contributed by atoms with E-state index in [0.717, 1.165) is 29.0 Å². The first-order valence-electron chi connectivity index (χ1n) is 5.82. The Morgan fingerprint density at radius 3 is 2.81 bits per heavy atom. The van der Waals surface area contributed by atoms with Gasteiger partial charge in [0, 0.05) is 10.5 Å². The molecule has 1 fully saturated rings. The summed E-state index contributed by atoms with van der Waals surface area (Å²) >= 11 is 3.32. The van der Waals surface area contributed by atoms with Crippen LogP contribution in [0.1, 0.15) is 25.3 Å². The molecule has 0 aliphatic heterocycles. The molecule has 0 bridgehead atoms. The lowest BCUT2D eigenvalue weighted by Crippen LogP contribution is -2.24. The number of halogens is 2. The van der Waals surface area contributed by atoms with Crippen molar-refractivity contribution in [2.24, 2.45) is 5.92 Å². The lowest BCUT2D eigenvalue weighted by molar-refractivity contribution is 0.507.